The predicted octanol–water partition coefficient (Wildman–Crippen LogP) is 5.86. The summed E-state index contributed by atoms with van der Waals surface area (Å²) in [6.07, 6.45) is 5.49. The molecule has 1 aliphatic heterocycles. The largest absolute Gasteiger partial charge is 0.464 e. The Balaban J connectivity index is 1.46. The molecule has 1 amide bonds. The van der Waals surface area contributed by atoms with Gasteiger partial charge in [-0.25, -0.2) is 8.42 Å². The van der Waals surface area contributed by atoms with E-state index in [1.54, 1.807) is 34.8 Å². The van der Waals surface area contributed by atoms with Crippen LogP contribution in [-0.2, 0) is 26.7 Å². The van der Waals surface area contributed by atoms with Crippen molar-refractivity contribution >= 4 is 32.6 Å². The van der Waals surface area contributed by atoms with E-state index < -0.39 is 10.0 Å². The van der Waals surface area contributed by atoms with E-state index in [1.807, 2.05) is 13.0 Å². The maximum absolute atomic E-state index is 13.2. The summed E-state index contributed by atoms with van der Waals surface area (Å²) in [6.45, 7) is 9.05. The van der Waals surface area contributed by atoms with Gasteiger partial charge in [0, 0.05) is 29.2 Å². The molecule has 2 aromatic carbocycles. The summed E-state index contributed by atoms with van der Waals surface area (Å²) in [5.74, 6) is -0.179. The number of rotatable bonds is 6. The lowest BCUT2D eigenvalue weighted by Crippen LogP contribution is -2.43. The van der Waals surface area contributed by atoms with Crippen LogP contribution in [0, 0.1) is 0 Å². The second-order valence-corrected chi connectivity index (χ2v) is 12.0. The Morgan fingerprint density at radius 3 is 2.53 bits per heavy atom. The standard InChI is InChI=1S/C27H34N2O4S/c1-5-22-8-6-7-15-29(22)34(31,32)23-12-10-21(11-13-23)28-26(30)16-19-18-33-25-14-9-20(17-24(19)25)27(2,3)4/h9-14,17-18,22H,5-8,15-16H2,1-4H3,(H,28,30). The van der Waals surface area contributed by atoms with Crippen molar-refractivity contribution in [2.75, 3.05) is 11.9 Å². The molecule has 34 heavy (non-hydrogen) atoms. The Morgan fingerprint density at radius 2 is 1.85 bits per heavy atom. The first-order valence-corrected chi connectivity index (χ1v) is 13.5. The van der Waals surface area contributed by atoms with Crippen molar-refractivity contribution in [3.05, 3.63) is 59.9 Å². The van der Waals surface area contributed by atoms with E-state index in [4.69, 9.17) is 4.42 Å². The summed E-state index contributed by atoms with van der Waals surface area (Å²) in [6, 6.07) is 12.6. The number of sulfonamides is 1. The fourth-order valence-electron chi connectivity index (χ4n) is 4.61. The molecule has 1 unspecified atom stereocenters. The highest BCUT2D eigenvalue weighted by Crippen LogP contribution is 2.30. The lowest BCUT2D eigenvalue weighted by molar-refractivity contribution is -0.115. The van der Waals surface area contributed by atoms with E-state index in [-0.39, 0.29) is 28.7 Å². The molecule has 1 fully saturated rings. The maximum Gasteiger partial charge on any atom is 0.243 e. The SMILES string of the molecule is CCC1CCCCN1S(=O)(=O)c1ccc(NC(=O)Cc2coc3ccc(C(C)(C)C)cc23)cc1. The van der Waals surface area contributed by atoms with Crippen LogP contribution in [0.5, 0.6) is 0 Å². The fourth-order valence-corrected chi connectivity index (χ4v) is 6.37. The Kier molecular flexibility index (Phi) is 6.87. The first kappa shape index (κ1) is 24.5. The van der Waals surface area contributed by atoms with Crippen LogP contribution >= 0.6 is 0 Å². The molecular weight excluding hydrogens is 448 g/mol. The Hall–Kier alpha value is -2.64. The highest BCUT2D eigenvalue weighted by atomic mass is 32.2. The Bertz CT molecular complexity index is 1270. The molecule has 0 bridgehead atoms. The van der Waals surface area contributed by atoms with Crippen molar-refractivity contribution in [1.29, 1.82) is 0 Å². The smallest absolute Gasteiger partial charge is 0.243 e. The number of hydrogen-bond donors (Lipinski definition) is 1. The van der Waals surface area contributed by atoms with Gasteiger partial charge in [0.15, 0.2) is 0 Å². The minimum atomic E-state index is -3.54. The zero-order valence-electron chi connectivity index (χ0n) is 20.4. The first-order valence-electron chi connectivity index (χ1n) is 12.0. The number of nitrogens with one attached hydrogen (secondary N) is 1. The third-order valence-electron chi connectivity index (χ3n) is 6.66. The van der Waals surface area contributed by atoms with Gasteiger partial charge in [0.2, 0.25) is 15.9 Å². The molecule has 1 aliphatic rings. The molecule has 1 saturated heterocycles. The van der Waals surface area contributed by atoms with Crippen LogP contribution < -0.4 is 5.32 Å². The summed E-state index contributed by atoms with van der Waals surface area (Å²) >= 11 is 0. The summed E-state index contributed by atoms with van der Waals surface area (Å²) in [4.78, 5) is 13.0. The average molecular weight is 483 g/mol. The van der Waals surface area contributed by atoms with Gasteiger partial charge in [0.25, 0.3) is 0 Å². The van der Waals surface area contributed by atoms with E-state index in [1.165, 1.54) is 5.56 Å². The fraction of sp³-hybridized carbons (Fsp3) is 0.444. The van der Waals surface area contributed by atoms with Gasteiger partial charge in [-0.15, -0.1) is 0 Å². The maximum atomic E-state index is 13.2. The molecule has 6 nitrogen and oxygen atoms in total. The number of benzene rings is 2. The van der Waals surface area contributed by atoms with Gasteiger partial charge in [0.1, 0.15) is 5.58 Å². The van der Waals surface area contributed by atoms with Crippen LogP contribution in [0.15, 0.2) is 58.0 Å². The van der Waals surface area contributed by atoms with E-state index in [9.17, 15) is 13.2 Å². The molecule has 1 atom stereocenters. The molecule has 1 N–H and O–H groups in total. The lowest BCUT2D eigenvalue weighted by Gasteiger charge is -2.34. The molecule has 4 rings (SSSR count). The zero-order valence-corrected chi connectivity index (χ0v) is 21.2. The van der Waals surface area contributed by atoms with Crippen molar-refractivity contribution in [2.24, 2.45) is 0 Å². The molecule has 0 saturated carbocycles. The van der Waals surface area contributed by atoms with Gasteiger partial charge < -0.3 is 9.73 Å². The number of carbonyl (C=O) groups is 1. The summed E-state index contributed by atoms with van der Waals surface area (Å²) in [5, 5.41) is 3.82. The highest BCUT2D eigenvalue weighted by Gasteiger charge is 2.32. The van der Waals surface area contributed by atoms with Crippen LogP contribution in [0.1, 0.15) is 64.5 Å². The topological polar surface area (TPSA) is 79.6 Å². The minimum Gasteiger partial charge on any atom is -0.464 e. The Labute approximate surface area is 202 Å². The van der Waals surface area contributed by atoms with E-state index in [0.717, 1.165) is 42.2 Å². The van der Waals surface area contributed by atoms with Crippen molar-refractivity contribution in [3.63, 3.8) is 0 Å². The highest BCUT2D eigenvalue weighted by molar-refractivity contribution is 7.89. The zero-order chi connectivity index (χ0) is 24.5. The van der Waals surface area contributed by atoms with Gasteiger partial charge in [-0.2, -0.15) is 4.31 Å². The molecule has 2 heterocycles. The molecular formula is C27H34N2O4S. The van der Waals surface area contributed by atoms with Crippen LogP contribution in [0.2, 0.25) is 0 Å². The molecule has 3 aromatic rings. The number of carbonyl (C=O) groups excluding carboxylic acids is 1. The molecule has 0 spiro atoms. The van der Waals surface area contributed by atoms with E-state index in [2.05, 4.69) is 38.2 Å². The molecule has 0 radical (unpaired) electrons. The summed E-state index contributed by atoms with van der Waals surface area (Å²) in [5.41, 5.74) is 3.33. The van der Waals surface area contributed by atoms with E-state index >= 15 is 0 Å². The molecule has 1 aromatic heterocycles. The first-order chi connectivity index (χ1) is 16.1. The number of piperidine rings is 1. The second kappa shape index (κ2) is 9.55. The quantitative estimate of drug-likeness (QED) is 0.477. The molecule has 0 aliphatic carbocycles. The average Bonchev–Trinajstić information content (AvgIpc) is 3.20. The second-order valence-electron chi connectivity index (χ2n) is 10.1. The Morgan fingerprint density at radius 1 is 1.12 bits per heavy atom. The number of hydrogen-bond acceptors (Lipinski definition) is 4. The van der Waals surface area contributed by atoms with Crippen LogP contribution in [-0.4, -0.2) is 31.2 Å². The van der Waals surface area contributed by atoms with Gasteiger partial charge in [-0.1, -0.05) is 40.2 Å². The van der Waals surface area contributed by atoms with Crippen LogP contribution in [0.25, 0.3) is 11.0 Å². The van der Waals surface area contributed by atoms with Crippen molar-refractivity contribution in [2.45, 2.75) is 76.2 Å². The van der Waals surface area contributed by atoms with Crippen molar-refractivity contribution in [1.82, 2.24) is 4.31 Å². The van der Waals surface area contributed by atoms with Crippen LogP contribution in [0.4, 0.5) is 5.69 Å². The lowest BCUT2D eigenvalue weighted by atomic mass is 9.86. The summed E-state index contributed by atoms with van der Waals surface area (Å²) < 4.78 is 33.6. The minimum absolute atomic E-state index is 0.00157. The molecule has 182 valence electrons. The van der Waals surface area contributed by atoms with E-state index in [0.29, 0.717) is 12.2 Å². The molecule has 7 heteroatoms. The monoisotopic (exact) mass is 482 g/mol. The van der Waals surface area contributed by atoms with Crippen LogP contribution in [0.3, 0.4) is 0 Å². The number of amides is 1. The van der Waals surface area contributed by atoms with Gasteiger partial charge in [-0.3, -0.25) is 4.79 Å². The van der Waals surface area contributed by atoms with Gasteiger partial charge in [-0.05, 0) is 66.6 Å². The third kappa shape index (κ3) is 5.05. The third-order valence-corrected chi connectivity index (χ3v) is 8.63. The number of nitrogens with zero attached hydrogens (tertiary/aromatic N) is 1. The normalized spacial score (nSPS) is 17.7. The van der Waals surface area contributed by atoms with Crippen molar-refractivity contribution < 1.29 is 17.6 Å². The summed E-state index contributed by atoms with van der Waals surface area (Å²) in [7, 11) is -3.54. The van der Waals surface area contributed by atoms with Gasteiger partial charge in [0.05, 0.1) is 17.6 Å². The predicted molar refractivity (Wildman–Crippen MR) is 136 cm³/mol. The number of anilines is 1. The van der Waals surface area contributed by atoms with Gasteiger partial charge >= 0.3 is 0 Å². The number of furan rings is 1. The number of fused-ring (bicyclic) bond motifs is 1. The van der Waals surface area contributed by atoms with Crippen molar-refractivity contribution in [3.8, 4) is 0 Å².